The van der Waals surface area contributed by atoms with E-state index in [4.69, 9.17) is 0 Å². The van der Waals surface area contributed by atoms with Gasteiger partial charge in [-0.3, -0.25) is 24.5 Å². The largest absolute Gasteiger partial charge is 0.481 e. The van der Waals surface area contributed by atoms with Crippen LogP contribution in [0.1, 0.15) is 35.9 Å². The summed E-state index contributed by atoms with van der Waals surface area (Å²) in [4.78, 5) is 50.4. The molecule has 3 rings (SSSR count). The lowest BCUT2D eigenvalue weighted by atomic mass is 9.90. The number of aliphatic carboxylic acids is 1. The van der Waals surface area contributed by atoms with E-state index in [0.717, 1.165) is 11.3 Å². The van der Waals surface area contributed by atoms with Gasteiger partial charge >= 0.3 is 11.0 Å². The summed E-state index contributed by atoms with van der Waals surface area (Å²) in [5, 5.41) is 20.0. The second kappa shape index (κ2) is 6.67. The van der Waals surface area contributed by atoms with E-state index in [0.29, 0.717) is 32.4 Å². The first kappa shape index (κ1) is 18.3. The fourth-order valence-corrected chi connectivity index (χ4v) is 4.26. The van der Waals surface area contributed by atoms with Gasteiger partial charge in [-0.1, -0.05) is 11.3 Å². The summed E-state index contributed by atoms with van der Waals surface area (Å²) in [6, 6.07) is 2.05. The highest BCUT2D eigenvalue weighted by molar-refractivity contribution is 7.17. The zero-order valence-electron chi connectivity index (χ0n) is 14.2. The molecule has 10 heteroatoms. The highest BCUT2D eigenvalue weighted by atomic mass is 32.1. The van der Waals surface area contributed by atoms with Gasteiger partial charge in [0, 0.05) is 25.7 Å². The molecule has 0 aromatic carbocycles. The van der Waals surface area contributed by atoms with Crippen LogP contribution in [0.25, 0.3) is 0 Å². The average Bonchev–Trinajstić information content (AvgIpc) is 3.32. The Balaban J connectivity index is 1.73. The molecule has 1 N–H and O–H groups in total. The number of carbonyl (C=O) groups excluding carboxylic acids is 2. The minimum atomic E-state index is -0.961. The molecule has 3 heterocycles. The van der Waals surface area contributed by atoms with Crippen molar-refractivity contribution in [2.45, 2.75) is 32.2 Å². The van der Waals surface area contributed by atoms with Gasteiger partial charge in [0.05, 0.1) is 15.2 Å². The summed E-state index contributed by atoms with van der Waals surface area (Å²) < 4.78 is 0. The maximum absolute atomic E-state index is 12.9. The fourth-order valence-electron chi connectivity index (χ4n) is 3.48. The van der Waals surface area contributed by atoms with Crippen LogP contribution in [0.2, 0.25) is 0 Å². The SMILES string of the molecule is CC1(C(=O)O)CCN(C(=O)C2CCCN2C(=O)c2ccc([N+](=O)[O-])s2)C1. The Bertz CT molecular complexity index is 778. The number of carboxylic acids is 1. The quantitative estimate of drug-likeness (QED) is 0.624. The molecule has 9 nitrogen and oxygen atoms in total. The third-order valence-corrected chi connectivity index (χ3v) is 6.11. The Morgan fingerprint density at radius 3 is 2.65 bits per heavy atom. The smallest absolute Gasteiger partial charge is 0.324 e. The first-order valence-corrected chi connectivity index (χ1v) is 9.12. The molecule has 140 valence electrons. The number of nitrogens with zero attached hydrogens (tertiary/aromatic N) is 3. The van der Waals surface area contributed by atoms with Gasteiger partial charge in [-0.2, -0.15) is 0 Å². The molecule has 1 aromatic rings. The van der Waals surface area contributed by atoms with Crippen LogP contribution in [0.3, 0.4) is 0 Å². The molecule has 0 saturated carbocycles. The van der Waals surface area contributed by atoms with Gasteiger partial charge in [-0.15, -0.1) is 0 Å². The molecule has 2 saturated heterocycles. The lowest BCUT2D eigenvalue weighted by Crippen LogP contribution is -2.47. The molecule has 26 heavy (non-hydrogen) atoms. The van der Waals surface area contributed by atoms with Crippen molar-refractivity contribution in [2.75, 3.05) is 19.6 Å². The second-order valence-corrected chi connectivity index (χ2v) is 7.99. The number of thiophene rings is 1. The molecular formula is C16H19N3O6S. The first-order valence-electron chi connectivity index (χ1n) is 8.30. The molecule has 0 aliphatic carbocycles. The van der Waals surface area contributed by atoms with Gasteiger partial charge in [0.2, 0.25) is 5.91 Å². The number of carbonyl (C=O) groups is 3. The monoisotopic (exact) mass is 381 g/mol. The maximum Gasteiger partial charge on any atom is 0.324 e. The number of hydrogen-bond donors (Lipinski definition) is 1. The van der Waals surface area contributed by atoms with Crippen molar-refractivity contribution < 1.29 is 24.4 Å². The topological polar surface area (TPSA) is 121 Å². The van der Waals surface area contributed by atoms with Gasteiger partial charge in [0.15, 0.2) is 0 Å². The lowest BCUT2D eigenvalue weighted by molar-refractivity contribution is -0.380. The van der Waals surface area contributed by atoms with Crippen molar-refractivity contribution in [1.82, 2.24) is 9.80 Å². The van der Waals surface area contributed by atoms with Crippen molar-refractivity contribution in [1.29, 1.82) is 0 Å². The molecule has 2 unspecified atom stereocenters. The minimum absolute atomic E-state index is 0.118. The van der Waals surface area contributed by atoms with Gasteiger partial charge in [0.1, 0.15) is 6.04 Å². The van der Waals surface area contributed by atoms with E-state index in [1.807, 2.05) is 0 Å². The minimum Gasteiger partial charge on any atom is -0.481 e. The van der Waals surface area contributed by atoms with Gasteiger partial charge in [-0.05, 0) is 32.3 Å². The normalized spacial score (nSPS) is 25.5. The van der Waals surface area contributed by atoms with Crippen LogP contribution >= 0.6 is 11.3 Å². The van der Waals surface area contributed by atoms with Crippen molar-refractivity contribution >= 4 is 34.1 Å². The van der Waals surface area contributed by atoms with Crippen molar-refractivity contribution in [3.8, 4) is 0 Å². The van der Waals surface area contributed by atoms with Crippen molar-refractivity contribution in [2.24, 2.45) is 5.41 Å². The zero-order chi connectivity index (χ0) is 19.1. The van der Waals surface area contributed by atoms with Gasteiger partial charge in [-0.25, -0.2) is 0 Å². The third-order valence-electron chi connectivity index (χ3n) is 5.08. The molecule has 0 bridgehead atoms. The fraction of sp³-hybridized carbons (Fsp3) is 0.562. The number of nitro groups is 1. The second-order valence-electron chi connectivity index (χ2n) is 6.93. The molecule has 2 fully saturated rings. The third kappa shape index (κ3) is 3.16. The van der Waals surface area contributed by atoms with E-state index in [1.165, 1.54) is 21.9 Å². The summed E-state index contributed by atoms with van der Waals surface area (Å²) in [5.74, 6) is -1.57. The molecular weight excluding hydrogens is 362 g/mol. The van der Waals surface area contributed by atoms with Crippen LogP contribution in [-0.4, -0.2) is 63.3 Å². The van der Waals surface area contributed by atoms with E-state index < -0.39 is 22.3 Å². The molecule has 2 amide bonds. The summed E-state index contributed by atoms with van der Waals surface area (Å²) in [6.45, 7) is 2.50. The lowest BCUT2D eigenvalue weighted by Gasteiger charge is -2.28. The molecule has 2 aliphatic rings. The predicted octanol–water partition coefficient (Wildman–Crippen LogP) is 1.58. The highest BCUT2D eigenvalue weighted by Gasteiger charge is 2.45. The van der Waals surface area contributed by atoms with E-state index >= 15 is 0 Å². The van der Waals surface area contributed by atoms with Crippen LogP contribution in [0.4, 0.5) is 5.00 Å². The van der Waals surface area contributed by atoms with Gasteiger partial charge < -0.3 is 14.9 Å². The van der Waals surface area contributed by atoms with Crippen LogP contribution in [0.5, 0.6) is 0 Å². The first-order chi connectivity index (χ1) is 12.2. The Hall–Kier alpha value is -2.49. The van der Waals surface area contributed by atoms with Crippen LogP contribution < -0.4 is 0 Å². The Labute approximate surface area is 153 Å². The molecule has 2 aliphatic heterocycles. The van der Waals surface area contributed by atoms with E-state index in [-0.39, 0.29) is 28.2 Å². The molecule has 1 aromatic heterocycles. The zero-order valence-corrected chi connectivity index (χ0v) is 15.0. The summed E-state index contributed by atoms with van der Waals surface area (Å²) in [7, 11) is 0. The number of carboxylic acid groups (broad SMARTS) is 1. The number of hydrogen-bond acceptors (Lipinski definition) is 6. The van der Waals surface area contributed by atoms with E-state index in [9.17, 15) is 29.6 Å². The highest BCUT2D eigenvalue weighted by Crippen LogP contribution is 2.33. The predicted molar refractivity (Wildman–Crippen MR) is 92.0 cm³/mol. The average molecular weight is 381 g/mol. The molecule has 0 radical (unpaired) electrons. The Morgan fingerprint density at radius 1 is 1.35 bits per heavy atom. The molecule has 0 spiro atoms. The van der Waals surface area contributed by atoms with Gasteiger partial charge in [0.25, 0.3) is 5.91 Å². The van der Waals surface area contributed by atoms with Crippen LogP contribution in [-0.2, 0) is 9.59 Å². The Kier molecular flexibility index (Phi) is 4.70. The standard InChI is InChI=1S/C16H19N3O6S/c1-16(15(22)23)6-8-17(9-16)13(20)10-3-2-7-18(10)14(21)11-4-5-12(26-11)19(24)25/h4-5,10H,2-3,6-9H2,1H3,(H,22,23). The summed E-state index contributed by atoms with van der Waals surface area (Å²) in [5.41, 5.74) is -0.961. The number of amides is 2. The van der Waals surface area contributed by atoms with Crippen molar-refractivity contribution in [3.63, 3.8) is 0 Å². The Morgan fingerprint density at radius 2 is 2.08 bits per heavy atom. The van der Waals surface area contributed by atoms with E-state index in [2.05, 4.69) is 0 Å². The van der Waals surface area contributed by atoms with E-state index in [1.54, 1.807) is 6.92 Å². The van der Waals surface area contributed by atoms with Crippen molar-refractivity contribution in [3.05, 3.63) is 27.1 Å². The molecule has 2 atom stereocenters. The summed E-state index contributed by atoms with van der Waals surface area (Å²) in [6.07, 6.45) is 1.56. The summed E-state index contributed by atoms with van der Waals surface area (Å²) >= 11 is 0.793. The maximum atomic E-state index is 12.9. The van der Waals surface area contributed by atoms with Crippen LogP contribution in [0.15, 0.2) is 12.1 Å². The van der Waals surface area contributed by atoms with Crippen LogP contribution in [0, 0.1) is 15.5 Å². The number of rotatable bonds is 4. The number of likely N-dealkylation sites (tertiary alicyclic amines) is 2.